The minimum atomic E-state index is -0.283. The van der Waals surface area contributed by atoms with Crippen LogP contribution in [0.2, 0.25) is 0 Å². The van der Waals surface area contributed by atoms with Gasteiger partial charge in [-0.25, -0.2) is 9.18 Å². The van der Waals surface area contributed by atoms with E-state index in [-0.39, 0.29) is 17.8 Å². The summed E-state index contributed by atoms with van der Waals surface area (Å²) in [6.07, 6.45) is 2.00. The molecule has 0 unspecified atom stereocenters. The van der Waals surface area contributed by atoms with Gasteiger partial charge in [-0.1, -0.05) is 25.5 Å². The van der Waals surface area contributed by atoms with Gasteiger partial charge < -0.3 is 20.3 Å². The van der Waals surface area contributed by atoms with E-state index in [1.54, 1.807) is 30.2 Å². The minimum Gasteiger partial charge on any atom is -0.496 e. The lowest BCUT2D eigenvalue weighted by Gasteiger charge is -2.35. The van der Waals surface area contributed by atoms with Crippen molar-refractivity contribution >= 4 is 11.9 Å². The van der Waals surface area contributed by atoms with Crippen LogP contribution in [0.15, 0.2) is 42.5 Å². The van der Waals surface area contributed by atoms with E-state index in [1.807, 2.05) is 12.1 Å². The molecule has 3 rings (SSSR count). The smallest absolute Gasteiger partial charge is 0.317 e. The number of carbonyl (C=O) groups is 2. The molecule has 0 atom stereocenters. The third-order valence-electron chi connectivity index (χ3n) is 5.77. The van der Waals surface area contributed by atoms with Crippen LogP contribution in [0.3, 0.4) is 0 Å². The average molecular weight is 457 g/mol. The second-order valence-electron chi connectivity index (χ2n) is 8.18. The van der Waals surface area contributed by atoms with Crippen molar-refractivity contribution in [2.24, 2.45) is 0 Å². The molecule has 0 radical (unpaired) electrons. The maximum atomic E-state index is 13.6. The minimum absolute atomic E-state index is 0.0761. The fourth-order valence-electron chi connectivity index (χ4n) is 3.76. The summed E-state index contributed by atoms with van der Waals surface area (Å²) in [5.41, 5.74) is 2.36. The Kier molecular flexibility index (Phi) is 9.06. The fourth-order valence-corrected chi connectivity index (χ4v) is 3.76. The van der Waals surface area contributed by atoms with Gasteiger partial charge in [0.1, 0.15) is 11.6 Å². The molecule has 1 aliphatic rings. The van der Waals surface area contributed by atoms with Gasteiger partial charge in [-0.2, -0.15) is 0 Å². The van der Waals surface area contributed by atoms with E-state index < -0.39 is 0 Å². The molecule has 0 aliphatic carbocycles. The third-order valence-corrected chi connectivity index (χ3v) is 5.77. The first-order chi connectivity index (χ1) is 16.0. The second-order valence-corrected chi connectivity index (χ2v) is 8.18. The van der Waals surface area contributed by atoms with Crippen LogP contribution in [0.25, 0.3) is 0 Å². The Morgan fingerprint density at radius 1 is 1.03 bits per heavy atom. The Balaban J connectivity index is 1.42. The summed E-state index contributed by atoms with van der Waals surface area (Å²) in [6.45, 7) is 6.34. The van der Waals surface area contributed by atoms with Gasteiger partial charge in [-0.3, -0.25) is 9.69 Å². The van der Waals surface area contributed by atoms with Crippen LogP contribution in [-0.4, -0.2) is 61.6 Å². The number of carbonyl (C=O) groups excluding carboxylic acids is 2. The van der Waals surface area contributed by atoms with E-state index in [1.165, 1.54) is 12.1 Å². The summed E-state index contributed by atoms with van der Waals surface area (Å²) in [5.74, 6) is 0.308. The highest BCUT2D eigenvalue weighted by atomic mass is 19.1. The quantitative estimate of drug-likeness (QED) is 0.568. The number of hydrogen-bond acceptors (Lipinski definition) is 4. The molecule has 0 aromatic heterocycles. The molecule has 1 heterocycles. The van der Waals surface area contributed by atoms with Crippen LogP contribution in [0.5, 0.6) is 5.75 Å². The van der Waals surface area contributed by atoms with Gasteiger partial charge in [-0.15, -0.1) is 0 Å². The van der Waals surface area contributed by atoms with Gasteiger partial charge >= 0.3 is 6.03 Å². The third kappa shape index (κ3) is 7.18. The molecule has 2 N–H and O–H groups in total. The number of rotatable bonds is 9. The Bertz CT molecular complexity index is 928. The molecule has 1 aliphatic heterocycles. The number of benzene rings is 2. The summed E-state index contributed by atoms with van der Waals surface area (Å²) < 4.78 is 18.9. The van der Waals surface area contributed by atoms with E-state index in [2.05, 4.69) is 22.5 Å². The first-order valence-corrected chi connectivity index (χ1v) is 11.4. The van der Waals surface area contributed by atoms with Gasteiger partial charge in [0.15, 0.2) is 0 Å². The molecule has 33 heavy (non-hydrogen) atoms. The summed E-state index contributed by atoms with van der Waals surface area (Å²) in [7, 11) is 1.58. The van der Waals surface area contributed by atoms with Gasteiger partial charge in [0, 0.05) is 56.9 Å². The number of piperazine rings is 1. The fraction of sp³-hybridized carbons (Fsp3) is 0.440. The summed E-state index contributed by atoms with van der Waals surface area (Å²) in [6, 6.07) is 11.7. The summed E-state index contributed by atoms with van der Waals surface area (Å²) in [5, 5.41) is 5.84. The zero-order valence-corrected chi connectivity index (χ0v) is 19.4. The van der Waals surface area contributed by atoms with E-state index >= 15 is 0 Å². The van der Waals surface area contributed by atoms with Crippen LogP contribution >= 0.6 is 0 Å². The molecule has 8 heteroatoms. The Labute approximate surface area is 194 Å². The highest BCUT2D eigenvalue weighted by molar-refractivity contribution is 5.94. The predicted octanol–water partition coefficient (Wildman–Crippen LogP) is 3.39. The van der Waals surface area contributed by atoms with Crippen molar-refractivity contribution < 1.29 is 18.7 Å². The molecule has 0 saturated carbocycles. The number of hydrogen-bond donors (Lipinski definition) is 2. The lowest BCUT2D eigenvalue weighted by molar-refractivity contribution is 0.0953. The standard InChI is InChI=1S/C25H33FN4O3/c1-3-4-11-27-24(31)20-7-5-19(6-8-20)17-28-25(32)30-14-12-29(13-15-30)18-21-16-22(26)9-10-23(21)33-2/h5-10,16H,3-4,11-15,17-18H2,1-2H3,(H,27,31)(H,28,32). The van der Waals surface area contributed by atoms with Crippen LogP contribution in [0.4, 0.5) is 9.18 Å². The van der Waals surface area contributed by atoms with E-state index in [9.17, 15) is 14.0 Å². The topological polar surface area (TPSA) is 73.9 Å². The number of halogens is 1. The molecule has 0 spiro atoms. The number of unbranched alkanes of at least 4 members (excludes halogenated alkanes) is 1. The number of urea groups is 1. The molecular formula is C25H33FN4O3. The number of nitrogens with one attached hydrogen (secondary N) is 2. The number of ether oxygens (including phenoxy) is 1. The highest BCUT2D eigenvalue weighted by Crippen LogP contribution is 2.21. The Morgan fingerprint density at radius 3 is 2.42 bits per heavy atom. The molecule has 3 amide bonds. The monoisotopic (exact) mass is 456 g/mol. The van der Waals surface area contributed by atoms with Gasteiger partial charge in [0.25, 0.3) is 5.91 Å². The van der Waals surface area contributed by atoms with Gasteiger partial charge in [-0.05, 0) is 42.3 Å². The van der Waals surface area contributed by atoms with Crippen molar-refractivity contribution in [3.05, 3.63) is 65.0 Å². The zero-order chi connectivity index (χ0) is 23.6. The maximum absolute atomic E-state index is 13.6. The molecule has 1 fully saturated rings. The molecule has 0 bridgehead atoms. The largest absolute Gasteiger partial charge is 0.496 e. The van der Waals surface area contributed by atoms with Crippen molar-refractivity contribution in [3.8, 4) is 5.75 Å². The zero-order valence-electron chi connectivity index (χ0n) is 19.4. The summed E-state index contributed by atoms with van der Waals surface area (Å²) >= 11 is 0. The normalized spacial score (nSPS) is 14.1. The van der Waals surface area contributed by atoms with E-state index in [0.29, 0.717) is 57.1 Å². The average Bonchev–Trinajstić information content (AvgIpc) is 2.83. The summed E-state index contributed by atoms with van der Waals surface area (Å²) in [4.78, 5) is 28.6. The van der Waals surface area contributed by atoms with Crippen molar-refractivity contribution in [3.63, 3.8) is 0 Å². The number of nitrogens with zero attached hydrogens (tertiary/aromatic N) is 2. The molecular weight excluding hydrogens is 423 g/mol. The van der Waals surface area contributed by atoms with Crippen molar-refractivity contribution in [2.45, 2.75) is 32.9 Å². The maximum Gasteiger partial charge on any atom is 0.317 e. The lowest BCUT2D eigenvalue weighted by Crippen LogP contribution is -2.51. The van der Waals surface area contributed by atoms with Crippen molar-refractivity contribution in [1.29, 1.82) is 0 Å². The van der Waals surface area contributed by atoms with E-state index in [4.69, 9.17) is 4.74 Å². The molecule has 7 nitrogen and oxygen atoms in total. The molecule has 1 saturated heterocycles. The van der Waals surface area contributed by atoms with E-state index in [0.717, 1.165) is 24.0 Å². The second kappa shape index (κ2) is 12.2. The number of methoxy groups -OCH3 is 1. The number of amides is 3. The van der Waals surface area contributed by atoms with Crippen LogP contribution < -0.4 is 15.4 Å². The molecule has 2 aromatic carbocycles. The molecule has 178 valence electrons. The van der Waals surface area contributed by atoms with Crippen LogP contribution in [0, 0.1) is 5.82 Å². The van der Waals surface area contributed by atoms with Gasteiger partial charge in [0.2, 0.25) is 0 Å². The Hall–Kier alpha value is -3.13. The molecule has 2 aromatic rings. The SMILES string of the molecule is CCCCNC(=O)c1ccc(CNC(=O)N2CCN(Cc3cc(F)ccc3OC)CC2)cc1. The van der Waals surface area contributed by atoms with Crippen LogP contribution in [0.1, 0.15) is 41.3 Å². The predicted molar refractivity (Wildman–Crippen MR) is 126 cm³/mol. The van der Waals surface area contributed by atoms with Crippen LogP contribution in [-0.2, 0) is 13.1 Å². The Morgan fingerprint density at radius 2 is 1.76 bits per heavy atom. The van der Waals surface area contributed by atoms with Crippen molar-refractivity contribution in [1.82, 2.24) is 20.4 Å². The first-order valence-electron chi connectivity index (χ1n) is 11.4. The lowest BCUT2D eigenvalue weighted by atomic mass is 10.1. The van der Waals surface area contributed by atoms with Gasteiger partial charge in [0.05, 0.1) is 7.11 Å². The highest BCUT2D eigenvalue weighted by Gasteiger charge is 2.22. The first kappa shape index (κ1) is 24.5. The van der Waals surface area contributed by atoms with Crippen molar-refractivity contribution in [2.75, 3.05) is 39.8 Å².